The molecule has 4 heteroatoms. The number of hydrogen-bond donors (Lipinski definition) is 1. The van der Waals surface area contributed by atoms with Crippen molar-refractivity contribution in [2.75, 3.05) is 0 Å². The summed E-state index contributed by atoms with van der Waals surface area (Å²) in [6, 6.07) is 10.2. The highest BCUT2D eigenvalue weighted by Gasteiger charge is 2.66. The van der Waals surface area contributed by atoms with Crippen LogP contribution >= 0.6 is 0 Å². The third-order valence-corrected chi connectivity index (χ3v) is 13.1. The van der Waals surface area contributed by atoms with Crippen LogP contribution in [0, 0.1) is 51.2 Å². The van der Waals surface area contributed by atoms with Gasteiger partial charge < -0.3 is 10.5 Å². The number of allylic oxidation sites excluding steroid dienone is 2. The number of rotatable bonds is 3. The van der Waals surface area contributed by atoms with Gasteiger partial charge in [0.15, 0.2) is 5.78 Å². The van der Waals surface area contributed by atoms with Crippen LogP contribution in [0.15, 0.2) is 42.0 Å². The molecule has 39 heavy (non-hydrogen) atoms. The van der Waals surface area contributed by atoms with Crippen molar-refractivity contribution in [2.45, 2.75) is 105 Å². The van der Waals surface area contributed by atoms with Crippen LogP contribution in [0.3, 0.4) is 0 Å². The van der Waals surface area contributed by atoms with Crippen LogP contribution in [0.1, 0.15) is 98.0 Å². The third kappa shape index (κ3) is 4.10. The molecule has 4 saturated carbocycles. The topological polar surface area (TPSA) is 69.4 Å². The maximum atomic E-state index is 14.3. The third-order valence-electron chi connectivity index (χ3n) is 13.1. The standard InChI is InChI=1S/C35H49NO3/c1-32(2)28-13-17-34(4)25-12-16-33(3)15-11-23(31(38)39-21-22-9-7-6-8-10-22)19-26(33)24(25)20-27(37)30(34)35(28,5)18-14-29(32)36/h6-10,20,23,25-26,28-30H,11-19,21,36H2,1-5H3. The number of nitrogens with two attached hydrogens (primary N) is 1. The Morgan fingerprint density at radius 2 is 1.59 bits per heavy atom. The van der Waals surface area contributed by atoms with E-state index >= 15 is 0 Å². The van der Waals surface area contributed by atoms with E-state index in [1.54, 1.807) is 0 Å². The highest BCUT2D eigenvalue weighted by molar-refractivity contribution is 5.95. The second kappa shape index (κ2) is 9.29. The Hall–Kier alpha value is -1.94. The quantitative estimate of drug-likeness (QED) is 0.417. The Morgan fingerprint density at radius 1 is 0.897 bits per heavy atom. The summed E-state index contributed by atoms with van der Waals surface area (Å²) < 4.78 is 5.81. The zero-order valence-corrected chi connectivity index (χ0v) is 24.8. The van der Waals surface area contributed by atoms with Gasteiger partial charge in [-0.1, -0.05) is 70.5 Å². The lowest BCUT2D eigenvalue weighted by Gasteiger charge is -2.67. The Kier molecular flexibility index (Phi) is 6.49. The molecular formula is C35H49NO3. The maximum Gasteiger partial charge on any atom is 0.309 e. The Labute approximate surface area is 235 Å². The first-order chi connectivity index (χ1) is 18.4. The van der Waals surface area contributed by atoms with Crippen LogP contribution in [0.5, 0.6) is 0 Å². The lowest BCUT2D eigenvalue weighted by molar-refractivity contribution is -0.171. The second-order valence-corrected chi connectivity index (χ2v) is 15.4. The molecule has 0 heterocycles. The van der Waals surface area contributed by atoms with Crippen LogP contribution in [-0.2, 0) is 20.9 Å². The highest BCUT2D eigenvalue weighted by atomic mass is 16.5. The minimum absolute atomic E-state index is 0.00256. The van der Waals surface area contributed by atoms with E-state index in [4.69, 9.17) is 10.5 Å². The van der Waals surface area contributed by atoms with Gasteiger partial charge in [-0.2, -0.15) is 0 Å². The van der Waals surface area contributed by atoms with Gasteiger partial charge in [-0.05, 0) is 109 Å². The summed E-state index contributed by atoms with van der Waals surface area (Å²) in [7, 11) is 0. The fraction of sp³-hybridized carbons (Fsp3) is 0.714. The van der Waals surface area contributed by atoms with Gasteiger partial charge in [0, 0.05) is 12.0 Å². The van der Waals surface area contributed by atoms with E-state index in [-0.39, 0.29) is 45.5 Å². The van der Waals surface area contributed by atoms with E-state index in [1.165, 1.54) is 18.4 Å². The summed E-state index contributed by atoms with van der Waals surface area (Å²) in [5, 5.41) is 0. The summed E-state index contributed by atoms with van der Waals surface area (Å²) in [6.45, 7) is 12.3. The molecule has 9 unspecified atom stereocenters. The van der Waals surface area contributed by atoms with Crippen molar-refractivity contribution < 1.29 is 14.3 Å². The predicted octanol–water partition coefficient (Wildman–Crippen LogP) is 7.26. The van der Waals surface area contributed by atoms with E-state index in [0.29, 0.717) is 30.1 Å². The van der Waals surface area contributed by atoms with Crippen molar-refractivity contribution in [3.63, 3.8) is 0 Å². The minimum Gasteiger partial charge on any atom is -0.461 e. The summed E-state index contributed by atoms with van der Waals surface area (Å²) in [5.74, 6) is 1.50. The van der Waals surface area contributed by atoms with Crippen LogP contribution < -0.4 is 5.73 Å². The predicted molar refractivity (Wildman–Crippen MR) is 154 cm³/mol. The molecule has 9 atom stereocenters. The number of fused-ring (bicyclic) bond motifs is 7. The zero-order valence-electron chi connectivity index (χ0n) is 24.8. The molecule has 0 bridgehead atoms. The van der Waals surface area contributed by atoms with E-state index in [2.05, 4.69) is 40.7 Å². The van der Waals surface area contributed by atoms with Crippen LogP contribution in [0.4, 0.5) is 0 Å². The molecular weight excluding hydrogens is 482 g/mol. The smallest absolute Gasteiger partial charge is 0.309 e. The molecule has 1 aromatic carbocycles. The number of benzene rings is 1. The van der Waals surface area contributed by atoms with Gasteiger partial charge in [-0.15, -0.1) is 0 Å². The normalized spacial score (nSPS) is 44.7. The number of hydrogen-bond acceptors (Lipinski definition) is 4. The molecule has 0 aliphatic heterocycles. The summed E-state index contributed by atoms with van der Waals surface area (Å²) in [4.78, 5) is 27.5. The van der Waals surface area contributed by atoms with Crippen molar-refractivity contribution in [1.29, 1.82) is 0 Å². The van der Waals surface area contributed by atoms with Gasteiger partial charge in [0.1, 0.15) is 6.61 Å². The summed E-state index contributed by atoms with van der Waals surface area (Å²) >= 11 is 0. The number of esters is 1. The van der Waals surface area contributed by atoms with Gasteiger partial charge in [-0.3, -0.25) is 9.59 Å². The second-order valence-electron chi connectivity index (χ2n) is 15.4. The molecule has 6 rings (SSSR count). The van der Waals surface area contributed by atoms with Crippen LogP contribution in [0.2, 0.25) is 0 Å². The van der Waals surface area contributed by atoms with Gasteiger partial charge in [0.2, 0.25) is 0 Å². The van der Waals surface area contributed by atoms with Gasteiger partial charge in [0.05, 0.1) is 5.92 Å². The average Bonchev–Trinajstić information content (AvgIpc) is 2.89. The van der Waals surface area contributed by atoms with Crippen molar-refractivity contribution >= 4 is 11.8 Å². The molecule has 5 aliphatic carbocycles. The number of ketones is 1. The Bertz CT molecular complexity index is 1170. The number of ether oxygens (including phenoxy) is 1. The van der Waals surface area contributed by atoms with E-state index in [9.17, 15) is 9.59 Å². The molecule has 4 nitrogen and oxygen atoms in total. The van der Waals surface area contributed by atoms with E-state index in [0.717, 1.165) is 50.5 Å². The maximum absolute atomic E-state index is 14.3. The Balaban J connectivity index is 1.27. The number of carbonyl (C=O) groups excluding carboxylic acids is 2. The van der Waals surface area contributed by atoms with E-state index < -0.39 is 0 Å². The van der Waals surface area contributed by atoms with Crippen LogP contribution in [0.25, 0.3) is 0 Å². The highest BCUT2D eigenvalue weighted by Crippen LogP contribution is 2.70. The zero-order chi connectivity index (χ0) is 27.8. The monoisotopic (exact) mass is 531 g/mol. The summed E-state index contributed by atoms with van der Waals surface area (Å²) in [6.07, 6.45) is 11.5. The molecule has 0 aromatic heterocycles. The minimum atomic E-state index is -0.0825. The average molecular weight is 532 g/mol. The molecule has 212 valence electrons. The number of carbonyl (C=O) groups is 2. The lowest BCUT2D eigenvalue weighted by atomic mass is 9.37. The fourth-order valence-corrected chi connectivity index (χ4v) is 10.9. The molecule has 0 spiro atoms. The van der Waals surface area contributed by atoms with E-state index in [1.807, 2.05) is 30.3 Å². The largest absolute Gasteiger partial charge is 0.461 e. The van der Waals surface area contributed by atoms with Crippen molar-refractivity contribution in [3.8, 4) is 0 Å². The lowest BCUT2D eigenvalue weighted by Crippen LogP contribution is -2.64. The Morgan fingerprint density at radius 3 is 2.33 bits per heavy atom. The molecule has 4 fully saturated rings. The molecule has 0 amide bonds. The molecule has 5 aliphatic rings. The molecule has 2 N–H and O–H groups in total. The van der Waals surface area contributed by atoms with Gasteiger partial charge in [-0.25, -0.2) is 0 Å². The first-order valence-electron chi connectivity index (χ1n) is 15.6. The molecule has 0 saturated heterocycles. The summed E-state index contributed by atoms with van der Waals surface area (Å²) in [5.41, 5.74) is 9.29. The molecule has 0 radical (unpaired) electrons. The first kappa shape index (κ1) is 27.2. The van der Waals surface area contributed by atoms with Crippen LogP contribution in [-0.4, -0.2) is 17.8 Å². The SMILES string of the molecule is CC12CCC(C(=O)OCc3ccccc3)CC1C1=CC(=O)C3C(C)(CCC4C(C)(C)C(N)CCC43C)C1CC2. The van der Waals surface area contributed by atoms with Gasteiger partial charge in [0.25, 0.3) is 0 Å². The van der Waals surface area contributed by atoms with Crippen molar-refractivity contribution in [2.24, 2.45) is 57.0 Å². The first-order valence-corrected chi connectivity index (χ1v) is 15.6. The fourth-order valence-electron chi connectivity index (χ4n) is 10.9. The molecule has 1 aromatic rings. The van der Waals surface area contributed by atoms with Crippen molar-refractivity contribution in [1.82, 2.24) is 0 Å². The van der Waals surface area contributed by atoms with Gasteiger partial charge >= 0.3 is 5.97 Å². The van der Waals surface area contributed by atoms with Crippen molar-refractivity contribution in [3.05, 3.63) is 47.5 Å².